The van der Waals surface area contributed by atoms with Gasteiger partial charge >= 0.3 is 0 Å². The quantitative estimate of drug-likeness (QED) is 0.817. The molecule has 0 saturated heterocycles. The van der Waals surface area contributed by atoms with Crippen molar-refractivity contribution in [2.75, 3.05) is 18.5 Å². The highest BCUT2D eigenvalue weighted by Crippen LogP contribution is 2.46. The molecule has 1 fully saturated rings. The van der Waals surface area contributed by atoms with Crippen LogP contribution in [0.2, 0.25) is 0 Å². The number of thioether (sulfide) groups is 1. The molecule has 2 rings (SSSR count). The Balaban J connectivity index is 2.25. The summed E-state index contributed by atoms with van der Waals surface area (Å²) >= 11 is 1.74. The molecule has 19 heavy (non-hydrogen) atoms. The fourth-order valence-electron chi connectivity index (χ4n) is 2.30. The van der Waals surface area contributed by atoms with E-state index in [2.05, 4.69) is 4.72 Å². The van der Waals surface area contributed by atoms with E-state index in [9.17, 15) is 8.42 Å². The minimum Gasteiger partial charge on any atom is -0.399 e. The smallest absolute Gasteiger partial charge is 0.241 e. The second-order valence-corrected chi connectivity index (χ2v) is 8.17. The van der Waals surface area contributed by atoms with Crippen LogP contribution in [-0.4, -0.2) is 26.0 Å². The number of hydrogen-bond donors (Lipinski definition) is 2. The van der Waals surface area contributed by atoms with Gasteiger partial charge in [-0.2, -0.15) is 11.8 Å². The van der Waals surface area contributed by atoms with Crippen molar-refractivity contribution < 1.29 is 8.42 Å². The average Bonchev–Trinajstić information content (AvgIpc) is 3.05. The van der Waals surface area contributed by atoms with E-state index in [1.165, 1.54) is 0 Å². The molecular formula is C13H20N2O2S2. The summed E-state index contributed by atoms with van der Waals surface area (Å²) < 4.78 is 27.7. The lowest BCUT2D eigenvalue weighted by molar-refractivity contribution is 0.578. The van der Waals surface area contributed by atoms with Gasteiger partial charge in [0.25, 0.3) is 0 Å². The standard InChI is InChI=1S/C13H20N2O2S2/c1-9-6-11(14)7-10(2)12(9)19(16,17)15-8-13(18-3)4-5-13/h6-7,15H,4-5,8,14H2,1-3H3. The first kappa shape index (κ1) is 14.7. The third-order valence-electron chi connectivity index (χ3n) is 3.58. The number of rotatable bonds is 5. The van der Waals surface area contributed by atoms with Crippen molar-refractivity contribution >= 4 is 27.5 Å². The van der Waals surface area contributed by atoms with Crippen molar-refractivity contribution in [1.29, 1.82) is 0 Å². The number of nitrogens with two attached hydrogens (primary N) is 1. The summed E-state index contributed by atoms with van der Waals surface area (Å²) in [5.41, 5.74) is 7.71. The number of hydrogen-bond acceptors (Lipinski definition) is 4. The van der Waals surface area contributed by atoms with E-state index in [4.69, 9.17) is 5.73 Å². The average molecular weight is 300 g/mol. The van der Waals surface area contributed by atoms with Crippen LogP contribution in [0.15, 0.2) is 17.0 Å². The molecule has 0 radical (unpaired) electrons. The Kier molecular flexibility index (Phi) is 3.86. The van der Waals surface area contributed by atoms with E-state index in [0.717, 1.165) is 12.8 Å². The first-order chi connectivity index (χ1) is 8.80. The second-order valence-electron chi connectivity index (χ2n) is 5.20. The molecule has 0 heterocycles. The second kappa shape index (κ2) is 5.00. The molecule has 0 unspecified atom stereocenters. The summed E-state index contributed by atoms with van der Waals surface area (Å²) in [5, 5.41) is 0. The van der Waals surface area contributed by atoms with Gasteiger partial charge in [0.15, 0.2) is 0 Å². The van der Waals surface area contributed by atoms with Crippen LogP contribution >= 0.6 is 11.8 Å². The minimum atomic E-state index is -3.46. The van der Waals surface area contributed by atoms with Crippen LogP contribution in [-0.2, 0) is 10.0 Å². The molecule has 3 N–H and O–H groups in total. The van der Waals surface area contributed by atoms with Crippen LogP contribution in [0.1, 0.15) is 24.0 Å². The third kappa shape index (κ3) is 3.07. The topological polar surface area (TPSA) is 72.2 Å². The van der Waals surface area contributed by atoms with Gasteiger partial charge in [-0.15, -0.1) is 0 Å². The number of anilines is 1. The molecule has 1 aromatic rings. The zero-order valence-electron chi connectivity index (χ0n) is 11.5. The Labute approximate surface area is 119 Å². The molecular weight excluding hydrogens is 280 g/mol. The molecule has 1 aliphatic rings. The first-order valence-electron chi connectivity index (χ1n) is 6.21. The van der Waals surface area contributed by atoms with Crippen molar-refractivity contribution in [3.8, 4) is 0 Å². The van der Waals surface area contributed by atoms with Gasteiger partial charge in [0.2, 0.25) is 10.0 Å². The highest BCUT2D eigenvalue weighted by atomic mass is 32.2. The van der Waals surface area contributed by atoms with Crippen LogP contribution in [0.4, 0.5) is 5.69 Å². The van der Waals surface area contributed by atoms with Crippen LogP contribution < -0.4 is 10.5 Å². The zero-order valence-corrected chi connectivity index (χ0v) is 13.1. The Morgan fingerprint density at radius 2 is 1.84 bits per heavy atom. The lowest BCUT2D eigenvalue weighted by Gasteiger charge is -2.16. The summed E-state index contributed by atoms with van der Waals surface area (Å²) in [5.74, 6) is 0. The Bertz CT molecular complexity index is 570. The summed E-state index contributed by atoms with van der Waals surface area (Å²) in [6, 6.07) is 3.39. The molecule has 0 spiro atoms. The molecule has 1 saturated carbocycles. The van der Waals surface area contributed by atoms with E-state index >= 15 is 0 Å². The van der Waals surface area contributed by atoms with E-state index < -0.39 is 10.0 Å². The van der Waals surface area contributed by atoms with E-state index in [1.807, 2.05) is 6.26 Å². The van der Waals surface area contributed by atoms with E-state index in [0.29, 0.717) is 28.3 Å². The van der Waals surface area contributed by atoms with Gasteiger partial charge in [0, 0.05) is 17.0 Å². The van der Waals surface area contributed by atoms with Gasteiger partial charge in [-0.25, -0.2) is 13.1 Å². The van der Waals surface area contributed by atoms with Crippen molar-refractivity contribution in [1.82, 2.24) is 4.72 Å². The van der Waals surface area contributed by atoms with Gasteiger partial charge in [0.1, 0.15) is 0 Å². The molecule has 1 aromatic carbocycles. The Hall–Kier alpha value is -0.720. The van der Waals surface area contributed by atoms with Crippen LogP contribution in [0.5, 0.6) is 0 Å². The monoisotopic (exact) mass is 300 g/mol. The van der Waals surface area contributed by atoms with Gasteiger partial charge in [-0.1, -0.05) is 0 Å². The predicted octanol–water partition coefficient (Wildman–Crippen LogP) is 2.06. The maximum absolute atomic E-state index is 12.4. The molecule has 0 bridgehead atoms. The summed E-state index contributed by atoms with van der Waals surface area (Å²) in [6.45, 7) is 4.05. The maximum Gasteiger partial charge on any atom is 0.241 e. The van der Waals surface area contributed by atoms with Crippen molar-refractivity contribution in [3.05, 3.63) is 23.3 Å². The Morgan fingerprint density at radius 1 is 1.32 bits per heavy atom. The van der Waals surface area contributed by atoms with Gasteiger partial charge < -0.3 is 5.73 Å². The van der Waals surface area contributed by atoms with Crippen LogP contribution in [0.25, 0.3) is 0 Å². The predicted molar refractivity (Wildman–Crippen MR) is 81.0 cm³/mol. The summed E-state index contributed by atoms with van der Waals surface area (Å²) in [4.78, 5) is 0.360. The SMILES string of the molecule is CSC1(CNS(=O)(=O)c2c(C)cc(N)cc2C)CC1. The van der Waals surface area contributed by atoms with Crippen LogP contribution in [0, 0.1) is 13.8 Å². The van der Waals surface area contributed by atoms with Crippen molar-refractivity contribution in [2.24, 2.45) is 0 Å². The number of sulfonamides is 1. The number of benzene rings is 1. The van der Waals surface area contributed by atoms with Gasteiger partial charge in [0.05, 0.1) is 4.90 Å². The lowest BCUT2D eigenvalue weighted by atomic mass is 10.1. The molecule has 106 valence electrons. The van der Waals surface area contributed by atoms with Gasteiger partial charge in [-0.3, -0.25) is 0 Å². The molecule has 0 aromatic heterocycles. The van der Waals surface area contributed by atoms with E-state index in [-0.39, 0.29) is 4.75 Å². The number of aryl methyl sites for hydroxylation is 2. The fourth-order valence-corrected chi connectivity index (χ4v) is 4.69. The molecule has 0 aliphatic heterocycles. The summed E-state index contributed by atoms with van der Waals surface area (Å²) in [6.07, 6.45) is 4.19. The largest absolute Gasteiger partial charge is 0.399 e. The minimum absolute atomic E-state index is 0.114. The molecule has 6 heteroatoms. The van der Waals surface area contributed by atoms with Crippen molar-refractivity contribution in [2.45, 2.75) is 36.3 Å². The van der Waals surface area contributed by atoms with Crippen molar-refractivity contribution in [3.63, 3.8) is 0 Å². The number of nitrogen functional groups attached to an aromatic ring is 1. The normalized spacial score (nSPS) is 17.4. The third-order valence-corrected chi connectivity index (χ3v) is 6.70. The summed E-state index contributed by atoms with van der Waals surface area (Å²) in [7, 11) is -3.46. The number of nitrogens with one attached hydrogen (secondary N) is 1. The Morgan fingerprint density at radius 3 is 2.26 bits per heavy atom. The fraction of sp³-hybridized carbons (Fsp3) is 0.538. The molecule has 4 nitrogen and oxygen atoms in total. The highest BCUT2D eigenvalue weighted by molar-refractivity contribution is 8.00. The lowest BCUT2D eigenvalue weighted by Crippen LogP contribution is -2.32. The zero-order chi connectivity index (χ0) is 14.3. The molecule has 0 amide bonds. The molecule has 1 aliphatic carbocycles. The van der Waals surface area contributed by atoms with Crippen LogP contribution in [0.3, 0.4) is 0 Å². The highest BCUT2D eigenvalue weighted by Gasteiger charge is 2.42. The first-order valence-corrected chi connectivity index (χ1v) is 8.92. The maximum atomic E-state index is 12.4. The van der Waals surface area contributed by atoms with Gasteiger partial charge in [-0.05, 0) is 56.2 Å². The van der Waals surface area contributed by atoms with E-state index in [1.54, 1.807) is 37.7 Å². The molecule has 0 atom stereocenters.